The Morgan fingerprint density at radius 2 is 1.64 bits per heavy atom. The molecule has 0 spiro atoms. The second-order valence-corrected chi connectivity index (χ2v) is 6.37. The van der Waals surface area contributed by atoms with Crippen LogP contribution in [0, 0.1) is 29.1 Å². The molecule has 3 rings (SSSR count). The van der Waals surface area contributed by atoms with E-state index >= 15 is 0 Å². The predicted octanol–water partition coefficient (Wildman–Crippen LogP) is 5.09. The third-order valence-corrected chi connectivity index (χ3v) is 4.08. The minimum Gasteiger partial charge on any atom is -0.332 e. The van der Waals surface area contributed by atoms with E-state index in [2.05, 4.69) is 15.7 Å². The van der Waals surface area contributed by atoms with Crippen molar-refractivity contribution < 1.29 is 22.0 Å². The van der Waals surface area contributed by atoms with Crippen molar-refractivity contribution in [3.05, 3.63) is 76.2 Å². The van der Waals surface area contributed by atoms with Crippen LogP contribution in [0.25, 0.3) is 0 Å². The van der Waals surface area contributed by atoms with E-state index in [0.29, 0.717) is 5.69 Å². The molecule has 3 aromatic rings. The lowest BCUT2D eigenvalue weighted by Crippen LogP contribution is -2.19. The summed E-state index contributed by atoms with van der Waals surface area (Å²) in [5, 5.41) is 9.42. The maximum absolute atomic E-state index is 13.7. The van der Waals surface area contributed by atoms with Crippen molar-refractivity contribution in [3.8, 4) is 0 Å². The van der Waals surface area contributed by atoms with Gasteiger partial charge in [-0.05, 0) is 30.4 Å². The van der Waals surface area contributed by atoms with Crippen molar-refractivity contribution in [3.63, 3.8) is 0 Å². The van der Waals surface area contributed by atoms with Crippen LogP contribution in [0.5, 0.6) is 0 Å². The van der Waals surface area contributed by atoms with Crippen LogP contribution >= 0.6 is 23.8 Å². The highest BCUT2D eigenvalue weighted by Gasteiger charge is 2.19. The van der Waals surface area contributed by atoms with E-state index in [1.165, 1.54) is 24.4 Å². The fourth-order valence-electron chi connectivity index (χ4n) is 2.29. The van der Waals surface area contributed by atoms with Crippen molar-refractivity contribution in [1.82, 2.24) is 9.78 Å². The Morgan fingerprint density at radius 1 is 0.964 bits per heavy atom. The Hall–Kier alpha value is -2.72. The SMILES string of the molecule is Fc1ccc(NC(=S)Nc2ccn(Cc3c(F)c(F)cc(F)c3F)n2)cc1Cl. The summed E-state index contributed by atoms with van der Waals surface area (Å²) in [4.78, 5) is 0. The van der Waals surface area contributed by atoms with Gasteiger partial charge in [0.1, 0.15) is 5.82 Å². The molecule has 1 heterocycles. The summed E-state index contributed by atoms with van der Waals surface area (Å²) < 4.78 is 68.3. The lowest BCUT2D eigenvalue weighted by Gasteiger charge is -2.09. The van der Waals surface area contributed by atoms with Gasteiger partial charge < -0.3 is 10.6 Å². The smallest absolute Gasteiger partial charge is 0.176 e. The molecule has 4 nitrogen and oxygen atoms in total. The van der Waals surface area contributed by atoms with Gasteiger partial charge in [-0.15, -0.1) is 0 Å². The normalized spacial score (nSPS) is 10.8. The average Bonchev–Trinajstić information content (AvgIpc) is 3.07. The molecule has 11 heteroatoms. The summed E-state index contributed by atoms with van der Waals surface area (Å²) in [7, 11) is 0. The number of thiocarbonyl (C=S) groups is 1. The Labute approximate surface area is 165 Å². The van der Waals surface area contributed by atoms with E-state index in [9.17, 15) is 22.0 Å². The minimum absolute atomic E-state index is 0.0853. The Kier molecular flexibility index (Phi) is 5.80. The highest BCUT2D eigenvalue weighted by Crippen LogP contribution is 2.21. The molecule has 1 aromatic heterocycles. The van der Waals surface area contributed by atoms with Gasteiger partial charge in [0.25, 0.3) is 0 Å². The number of anilines is 2. The molecule has 0 atom stereocenters. The predicted molar refractivity (Wildman–Crippen MR) is 98.9 cm³/mol. The van der Waals surface area contributed by atoms with Crippen LogP contribution in [0.4, 0.5) is 33.5 Å². The van der Waals surface area contributed by atoms with Gasteiger partial charge in [0.2, 0.25) is 0 Å². The standard InChI is InChI=1S/C17H10ClF5N4S/c18-10-5-8(1-2-11(10)19)24-17(28)25-14-3-4-27(26-14)7-9-15(22)12(20)6-13(21)16(9)23/h1-6H,7H2,(H2,24,25,26,28). The number of nitrogens with zero attached hydrogens (tertiary/aromatic N) is 2. The molecule has 0 amide bonds. The van der Waals surface area contributed by atoms with E-state index in [1.54, 1.807) is 0 Å². The van der Waals surface area contributed by atoms with Gasteiger partial charge in [-0.2, -0.15) is 5.10 Å². The highest BCUT2D eigenvalue weighted by molar-refractivity contribution is 7.80. The quantitative estimate of drug-likeness (QED) is 0.342. The fourth-order valence-corrected chi connectivity index (χ4v) is 2.70. The van der Waals surface area contributed by atoms with Crippen molar-refractivity contribution in [2.24, 2.45) is 0 Å². The van der Waals surface area contributed by atoms with Gasteiger partial charge in [-0.25, -0.2) is 22.0 Å². The first kappa shape index (κ1) is 20.0. The zero-order valence-corrected chi connectivity index (χ0v) is 15.3. The van der Waals surface area contributed by atoms with Crippen molar-refractivity contribution in [2.45, 2.75) is 6.54 Å². The second-order valence-electron chi connectivity index (χ2n) is 5.55. The molecule has 0 radical (unpaired) electrons. The Balaban J connectivity index is 1.69. The van der Waals surface area contributed by atoms with Crippen LogP contribution in [0.15, 0.2) is 36.5 Å². The lowest BCUT2D eigenvalue weighted by molar-refractivity contribution is 0.431. The first-order valence-corrected chi connectivity index (χ1v) is 8.41. The van der Waals surface area contributed by atoms with Gasteiger partial charge in [0.05, 0.1) is 17.1 Å². The van der Waals surface area contributed by atoms with E-state index in [1.807, 2.05) is 0 Å². The number of hydrogen-bond acceptors (Lipinski definition) is 2. The molecule has 28 heavy (non-hydrogen) atoms. The molecule has 146 valence electrons. The van der Waals surface area contributed by atoms with Crippen LogP contribution in [0.3, 0.4) is 0 Å². The summed E-state index contributed by atoms with van der Waals surface area (Å²) in [6.07, 6.45) is 1.33. The minimum atomic E-state index is -1.50. The van der Waals surface area contributed by atoms with Gasteiger partial charge in [0, 0.05) is 24.0 Å². The number of aromatic nitrogens is 2. The van der Waals surface area contributed by atoms with Crippen LogP contribution < -0.4 is 10.6 Å². The molecular formula is C17H10ClF5N4S. The van der Waals surface area contributed by atoms with Crippen molar-refractivity contribution in [1.29, 1.82) is 0 Å². The largest absolute Gasteiger partial charge is 0.332 e. The number of hydrogen-bond donors (Lipinski definition) is 2. The van der Waals surface area contributed by atoms with E-state index in [4.69, 9.17) is 23.8 Å². The molecular weight excluding hydrogens is 423 g/mol. The number of halogens is 6. The first-order chi connectivity index (χ1) is 13.2. The molecule has 0 unspecified atom stereocenters. The molecule has 0 bridgehead atoms. The fraction of sp³-hybridized carbons (Fsp3) is 0.0588. The zero-order valence-electron chi connectivity index (χ0n) is 13.7. The number of benzene rings is 2. The van der Waals surface area contributed by atoms with Crippen LogP contribution in [0.1, 0.15) is 5.56 Å². The van der Waals surface area contributed by atoms with Gasteiger partial charge in [-0.1, -0.05) is 11.6 Å². The molecule has 0 aliphatic rings. The summed E-state index contributed by atoms with van der Waals surface area (Å²) in [6.45, 7) is -0.540. The third-order valence-electron chi connectivity index (χ3n) is 3.58. The maximum atomic E-state index is 13.7. The van der Waals surface area contributed by atoms with Gasteiger partial charge >= 0.3 is 0 Å². The number of nitrogens with one attached hydrogen (secondary N) is 2. The molecule has 0 saturated heterocycles. The topological polar surface area (TPSA) is 41.9 Å². The van der Waals surface area contributed by atoms with Crippen LogP contribution in [-0.4, -0.2) is 14.9 Å². The van der Waals surface area contributed by atoms with E-state index in [-0.39, 0.29) is 22.0 Å². The monoisotopic (exact) mass is 432 g/mol. The maximum Gasteiger partial charge on any atom is 0.176 e. The average molecular weight is 433 g/mol. The summed E-state index contributed by atoms with van der Waals surface area (Å²) in [5.74, 6) is -6.37. The van der Waals surface area contributed by atoms with E-state index < -0.39 is 41.2 Å². The lowest BCUT2D eigenvalue weighted by atomic mass is 10.2. The van der Waals surface area contributed by atoms with Crippen LogP contribution in [-0.2, 0) is 6.54 Å². The molecule has 0 aliphatic carbocycles. The zero-order chi connectivity index (χ0) is 20.4. The molecule has 0 saturated carbocycles. The van der Waals surface area contributed by atoms with E-state index in [0.717, 1.165) is 10.7 Å². The molecule has 2 N–H and O–H groups in total. The molecule has 2 aromatic carbocycles. The second kappa shape index (κ2) is 8.11. The third kappa shape index (κ3) is 4.39. The first-order valence-electron chi connectivity index (χ1n) is 7.63. The summed E-state index contributed by atoms with van der Waals surface area (Å²) in [5.41, 5.74) is -0.378. The number of rotatable bonds is 4. The van der Waals surface area contributed by atoms with Gasteiger partial charge in [-0.3, -0.25) is 4.68 Å². The molecule has 0 aliphatic heterocycles. The Bertz CT molecular complexity index is 1030. The van der Waals surface area contributed by atoms with Gasteiger partial charge in [0.15, 0.2) is 34.2 Å². The van der Waals surface area contributed by atoms with Crippen LogP contribution in [0.2, 0.25) is 5.02 Å². The summed E-state index contributed by atoms with van der Waals surface area (Å²) >= 11 is 10.8. The summed E-state index contributed by atoms with van der Waals surface area (Å²) in [6, 6.07) is 5.46. The van der Waals surface area contributed by atoms with Crippen molar-refractivity contribution >= 4 is 40.4 Å². The highest BCUT2D eigenvalue weighted by atomic mass is 35.5. The van der Waals surface area contributed by atoms with Crippen molar-refractivity contribution in [2.75, 3.05) is 10.6 Å². The molecule has 0 fully saturated rings. The Morgan fingerprint density at radius 3 is 2.29 bits per heavy atom.